The third-order valence-electron chi connectivity index (χ3n) is 3.63. The molecule has 2 rings (SSSR count). The number of benzene rings is 2. The summed E-state index contributed by atoms with van der Waals surface area (Å²) in [6, 6.07) is 12.7. The van der Waals surface area contributed by atoms with Gasteiger partial charge in [-0.25, -0.2) is 0 Å². The van der Waals surface area contributed by atoms with Gasteiger partial charge in [0.1, 0.15) is 12.4 Å². The van der Waals surface area contributed by atoms with Crippen molar-refractivity contribution in [1.29, 1.82) is 0 Å². The van der Waals surface area contributed by atoms with E-state index >= 15 is 0 Å². The van der Waals surface area contributed by atoms with Crippen molar-refractivity contribution in [3.05, 3.63) is 59.7 Å². The zero-order valence-corrected chi connectivity index (χ0v) is 15.4. The van der Waals surface area contributed by atoms with Crippen LogP contribution in [-0.4, -0.2) is 39.8 Å². The lowest BCUT2D eigenvalue weighted by Crippen LogP contribution is -2.06. The van der Waals surface area contributed by atoms with Crippen molar-refractivity contribution in [3.8, 4) is 17.2 Å². The Labute approximate surface area is 154 Å². The average Bonchev–Trinajstić information content (AvgIpc) is 2.67. The minimum absolute atomic E-state index is 0.127. The fourth-order valence-corrected chi connectivity index (χ4v) is 2.34. The van der Waals surface area contributed by atoms with Gasteiger partial charge in [0.2, 0.25) is 0 Å². The number of methoxy groups -OCH3 is 2. The molecule has 0 N–H and O–H groups in total. The Kier molecular flexibility index (Phi) is 7.71. The third-order valence-corrected chi connectivity index (χ3v) is 3.63. The number of ether oxygens (including phenoxy) is 4. The topological polar surface area (TPSA) is 54.0 Å². The van der Waals surface area contributed by atoms with Gasteiger partial charge in [0.05, 0.1) is 20.3 Å². The van der Waals surface area contributed by atoms with Crippen LogP contribution in [0.5, 0.6) is 17.2 Å². The predicted octanol–water partition coefficient (Wildman–Crippen LogP) is 4.02. The van der Waals surface area contributed by atoms with Gasteiger partial charge in [-0.05, 0) is 43.3 Å². The van der Waals surface area contributed by atoms with Crippen molar-refractivity contribution >= 4 is 11.9 Å². The van der Waals surface area contributed by atoms with Crippen LogP contribution in [-0.2, 0) is 4.74 Å². The maximum atomic E-state index is 12.5. The highest BCUT2D eigenvalue weighted by molar-refractivity contribution is 6.07. The van der Waals surface area contributed by atoms with Crippen molar-refractivity contribution < 1.29 is 23.7 Å². The highest BCUT2D eigenvalue weighted by Gasteiger charge is 2.10. The molecule has 5 heteroatoms. The number of hydrogen-bond donors (Lipinski definition) is 0. The summed E-state index contributed by atoms with van der Waals surface area (Å²) < 4.78 is 21.4. The Bertz CT molecular complexity index is 752. The summed E-state index contributed by atoms with van der Waals surface area (Å²) in [5.41, 5.74) is 1.38. The summed E-state index contributed by atoms with van der Waals surface area (Å²) in [6.07, 6.45) is 3.28. The molecular weight excluding hydrogens is 332 g/mol. The van der Waals surface area contributed by atoms with Gasteiger partial charge in [-0.15, -0.1) is 0 Å². The highest BCUT2D eigenvalue weighted by Crippen LogP contribution is 2.28. The molecule has 0 radical (unpaired) electrons. The van der Waals surface area contributed by atoms with Crippen molar-refractivity contribution in [2.24, 2.45) is 0 Å². The molecule has 0 fully saturated rings. The monoisotopic (exact) mass is 356 g/mol. The molecule has 0 atom stereocenters. The van der Waals surface area contributed by atoms with Crippen LogP contribution in [0.3, 0.4) is 0 Å². The first-order valence-electron chi connectivity index (χ1n) is 8.43. The van der Waals surface area contributed by atoms with Crippen LogP contribution in [0.15, 0.2) is 48.5 Å². The van der Waals surface area contributed by atoms with Crippen molar-refractivity contribution in [3.63, 3.8) is 0 Å². The van der Waals surface area contributed by atoms with Crippen molar-refractivity contribution in [2.75, 3.05) is 34.0 Å². The Hall–Kier alpha value is -2.79. The van der Waals surface area contributed by atoms with E-state index in [0.717, 1.165) is 11.3 Å². The second-order valence-electron chi connectivity index (χ2n) is 5.38. The number of ketones is 1. The summed E-state index contributed by atoms with van der Waals surface area (Å²) >= 11 is 0. The van der Waals surface area contributed by atoms with E-state index in [2.05, 4.69) is 0 Å². The molecule has 0 bridgehead atoms. The van der Waals surface area contributed by atoms with Crippen LogP contribution in [0.1, 0.15) is 22.8 Å². The number of carbonyl (C=O) groups is 1. The van der Waals surface area contributed by atoms with E-state index in [1.807, 2.05) is 31.2 Å². The van der Waals surface area contributed by atoms with Crippen LogP contribution >= 0.6 is 0 Å². The van der Waals surface area contributed by atoms with Crippen LogP contribution in [0.25, 0.3) is 6.08 Å². The lowest BCUT2D eigenvalue weighted by molar-refractivity contribution is 0.104. The van der Waals surface area contributed by atoms with Gasteiger partial charge in [-0.2, -0.15) is 0 Å². The van der Waals surface area contributed by atoms with Crippen LogP contribution in [0.2, 0.25) is 0 Å². The summed E-state index contributed by atoms with van der Waals surface area (Å²) in [4.78, 5) is 12.5. The van der Waals surface area contributed by atoms with Crippen LogP contribution in [0.4, 0.5) is 0 Å². The minimum Gasteiger partial charge on any atom is -0.493 e. The van der Waals surface area contributed by atoms with Gasteiger partial charge in [0.25, 0.3) is 0 Å². The number of hydrogen-bond acceptors (Lipinski definition) is 5. The Balaban J connectivity index is 2.14. The van der Waals surface area contributed by atoms with Gasteiger partial charge in [0, 0.05) is 18.2 Å². The molecule has 0 saturated carbocycles. The zero-order valence-electron chi connectivity index (χ0n) is 15.4. The van der Waals surface area contributed by atoms with E-state index in [1.54, 1.807) is 38.5 Å². The van der Waals surface area contributed by atoms with Gasteiger partial charge >= 0.3 is 0 Å². The molecule has 0 aliphatic heterocycles. The van der Waals surface area contributed by atoms with Gasteiger partial charge in [-0.1, -0.05) is 18.2 Å². The quantitative estimate of drug-likeness (QED) is 0.366. The summed E-state index contributed by atoms with van der Waals surface area (Å²) in [7, 11) is 3.15. The van der Waals surface area contributed by atoms with E-state index in [4.69, 9.17) is 18.9 Å². The molecule has 2 aromatic carbocycles. The molecule has 0 amide bonds. The highest BCUT2D eigenvalue weighted by atomic mass is 16.5. The molecule has 0 heterocycles. The number of rotatable bonds is 10. The first-order chi connectivity index (χ1) is 12.7. The predicted molar refractivity (Wildman–Crippen MR) is 101 cm³/mol. The SMILES string of the molecule is CCOc1ccccc1C=CC(=O)c1ccc(OCCOC)c(OC)c1. The summed E-state index contributed by atoms with van der Waals surface area (Å²) in [6.45, 7) is 3.38. The molecule has 26 heavy (non-hydrogen) atoms. The molecule has 2 aromatic rings. The van der Waals surface area contributed by atoms with E-state index in [-0.39, 0.29) is 5.78 Å². The van der Waals surface area contributed by atoms with Gasteiger partial charge in [-0.3, -0.25) is 4.79 Å². The van der Waals surface area contributed by atoms with Crippen LogP contribution < -0.4 is 14.2 Å². The molecule has 5 nitrogen and oxygen atoms in total. The van der Waals surface area contributed by atoms with E-state index in [9.17, 15) is 4.79 Å². The number of carbonyl (C=O) groups excluding carboxylic acids is 1. The normalized spacial score (nSPS) is 10.7. The maximum absolute atomic E-state index is 12.5. The Morgan fingerprint density at radius 1 is 0.962 bits per heavy atom. The maximum Gasteiger partial charge on any atom is 0.185 e. The Morgan fingerprint density at radius 2 is 1.77 bits per heavy atom. The molecule has 138 valence electrons. The average molecular weight is 356 g/mol. The van der Waals surface area contributed by atoms with Gasteiger partial charge in [0.15, 0.2) is 17.3 Å². The van der Waals surface area contributed by atoms with E-state index < -0.39 is 0 Å². The molecule has 0 saturated heterocycles. The van der Waals surface area contributed by atoms with Crippen molar-refractivity contribution in [2.45, 2.75) is 6.92 Å². The summed E-state index contributed by atoms with van der Waals surface area (Å²) in [5.74, 6) is 1.71. The standard InChI is InChI=1S/C21H24O5/c1-4-25-19-8-6-5-7-16(19)9-11-18(22)17-10-12-20(21(15-17)24-3)26-14-13-23-2/h5-12,15H,4,13-14H2,1-3H3. The first kappa shape index (κ1) is 19.5. The molecule has 0 aromatic heterocycles. The van der Waals surface area contributed by atoms with Crippen molar-refractivity contribution in [1.82, 2.24) is 0 Å². The first-order valence-corrected chi connectivity index (χ1v) is 8.43. The zero-order chi connectivity index (χ0) is 18.8. The largest absolute Gasteiger partial charge is 0.493 e. The lowest BCUT2D eigenvalue weighted by atomic mass is 10.1. The lowest BCUT2D eigenvalue weighted by Gasteiger charge is -2.11. The molecular formula is C21H24O5. The molecule has 0 spiro atoms. The minimum atomic E-state index is -0.127. The molecule has 0 aliphatic carbocycles. The second-order valence-corrected chi connectivity index (χ2v) is 5.38. The fourth-order valence-electron chi connectivity index (χ4n) is 2.34. The molecule has 0 unspecified atom stereocenters. The molecule has 0 aliphatic rings. The Morgan fingerprint density at radius 3 is 2.50 bits per heavy atom. The number of allylic oxidation sites excluding steroid dienone is 1. The van der Waals surface area contributed by atoms with Crippen LogP contribution in [0, 0.1) is 0 Å². The smallest absolute Gasteiger partial charge is 0.185 e. The second kappa shape index (κ2) is 10.3. The van der Waals surface area contributed by atoms with E-state index in [0.29, 0.717) is 36.9 Å². The van der Waals surface area contributed by atoms with Gasteiger partial charge < -0.3 is 18.9 Å². The third kappa shape index (κ3) is 5.36. The number of para-hydroxylation sites is 1. The van der Waals surface area contributed by atoms with E-state index in [1.165, 1.54) is 6.08 Å². The fraction of sp³-hybridized carbons (Fsp3) is 0.286. The summed E-state index contributed by atoms with van der Waals surface area (Å²) in [5, 5.41) is 0.